The lowest BCUT2D eigenvalue weighted by Crippen LogP contribution is -2.13. The Labute approximate surface area is 109 Å². The van der Waals surface area contributed by atoms with Crippen molar-refractivity contribution in [3.05, 3.63) is 29.3 Å². The van der Waals surface area contributed by atoms with Crippen molar-refractivity contribution in [3.8, 4) is 5.75 Å². The number of benzene rings is 1. The second kappa shape index (κ2) is 6.21. The molecule has 0 spiro atoms. The Kier molecular flexibility index (Phi) is 4.61. The molecule has 1 unspecified atom stereocenters. The quantitative estimate of drug-likeness (QED) is 0.872. The van der Waals surface area contributed by atoms with E-state index in [1.165, 1.54) is 12.0 Å². The van der Waals surface area contributed by atoms with E-state index in [4.69, 9.17) is 15.2 Å². The molecular formula is C15H23NO2. The van der Waals surface area contributed by atoms with Crippen molar-refractivity contribution in [1.29, 1.82) is 0 Å². The van der Waals surface area contributed by atoms with Crippen molar-refractivity contribution in [3.63, 3.8) is 0 Å². The molecule has 3 heteroatoms. The zero-order valence-corrected chi connectivity index (χ0v) is 11.3. The molecule has 1 aromatic carbocycles. The molecule has 18 heavy (non-hydrogen) atoms. The van der Waals surface area contributed by atoms with Crippen molar-refractivity contribution < 1.29 is 9.47 Å². The molecule has 2 atom stereocenters. The minimum absolute atomic E-state index is 0.00244. The Balaban J connectivity index is 1.91. The highest BCUT2D eigenvalue weighted by Crippen LogP contribution is 2.25. The van der Waals surface area contributed by atoms with Crippen LogP contribution in [-0.2, 0) is 4.74 Å². The lowest BCUT2D eigenvalue weighted by atomic mass is 10.1. The normalized spacial score (nSPS) is 20.9. The molecule has 0 aliphatic carbocycles. The van der Waals surface area contributed by atoms with E-state index in [1.807, 2.05) is 13.0 Å². The van der Waals surface area contributed by atoms with Crippen molar-refractivity contribution in [2.24, 2.45) is 5.73 Å². The summed E-state index contributed by atoms with van der Waals surface area (Å²) >= 11 is 0. The third kappa shape index (κ3) is 3.47. The van der Waals surface area contributed by atoms with Crippen LogP contribution in [0.15, 0.2) is 18.2 Å². The van der Waals surface area contributed by atoms with Crippen LogP contribution in [0, 0.1) is 6.92 Å². The summed E-state index contributed by atoms with van der Waals surface area (Å²) in [6, 6.07) is 6.19. The number of ether oxygens (including phenoxy) is 2. The van der Waals surface area contributed by atoms with Gasteiger partial charge in [0.15, 0.2) is 0 Å². The molecule has 0 bridgehead atoms. The summed E-state index contributed by atoms with van der Waals surface area (Å²) in [6.45, 7) is 5.66. The van der Waals surface area contributed by atoms with Crippen molar-refractivity contribution >= 4 is 0 Å². The van der Waals surface area contributed by atoms with Gasteiger partial charge in [0.1, 0.15) is 5.75 Å². The first-order valence-electron chi connectivity index (χ1n) is 6.77. The van der Waals surface area contributed by atoms with Gasteiger partial charge in [0.25, 0.3) is 0 Å². The van der Waals surface area contributed by atoms with Crippen LogP contribution in [0.4, 0.5) is 0 Å². The zero-order valence-electron chi connectivity index (χ0n) is 11.3. The van der Waals surface area contributed by atoms with Crippen LogP contribution in [-0.4, -0.2) is 19.3 Å². The summed E-state index contributed by atoms with van der Waals surface area (Å²) in [4.78, 5) is 0. The fourth-order valence-corrected chi connectivity index (χ4v) is 2.33. The van der Waals surface area contributed by atoms with Crippen LogP contribution in [0.25, 0.3) is 0 Å². The second-order valence-corrected chi connectivity index (χ2v) is 5.10. The minimum Gasteiger partial charge on any atom is -0.493 e. The minimum atomic E-state index is 0.00244. The van der Waals surface area contributed by atoms with Crippen molar-refractivity contribution in [2.45, 2.75) is 45.3 Å². The Morgan fingerprint density at radius 1 is 1.50 bits per heavy atom. The van der Waals surface area contributed by atoms with Gasteiger partial charge in [-0.2, -0.15) is 0 Å². The van der Waals surface area contributed by atoms with Gasteiger partial charge in [0.2, 0.25) is 0 Å². The number of aryl methyl sites for hydroxylation is 1. The lowest BCUT2D eigenvalue weighted by Gasteiger charge is -2.16. The Morgan fingerprint density at radius 2 is 2.33 bits per heavy atom. The molecule has 3 nitrogen and oxygen atoms in total. The monoisotopic (exact) mass is 249 g/mol. The smallest absolute Gasteiger partial charge is 0.124 e. The van der Waals surface area contributed by atoms with E-state index < -0.39 is 0 Å². The highest BCUT2D eigenvalue weighted by atomic mass is 16.5. The van der Waals surface area contributed by atoms with E-state index in [1.54, 1.807) is 0 Å². The first kappa shape index (κ1) is 13.4. The standard InChI is InChI=1S/C15H23NO2/c1-11-5-6-15(14(10-11)12(2)16)18-9-7-13-4-3-8-17-13/h5-6,10,12-13H,3-4,7-9,16H2,1-2H3/t12-,13?/m0/s1. The maximum atomic E-state index is 5.97. The Hall–Kier alpha value is -1.06. The molecule has 2 rings (SSSR count). The van der Waals surface area contributed by atoms with Gasteiger partial charge in [-0.05, 0) is 32.8 Å². The first-order valence-corrected chi connectivity index (χ1v) is 6.77. The Bertz CT molecular complexity index is 384. The van der Waals surface area contributed by atoms with Crippen LogP contribution >= 0.6 is 0 Å². The van der Waals surface area contributed by atoms with Gasteiger partial charge in [0.05, 0.1) is 12.7 Å². The first-order chi connectivity index (χ1) is 8.66. The molecule has 1 aromatic rings. The van der Waals surface area contributed by atoms with Gasteiger partial charge in [-0.25, -0.2) is 0 Å². The van der Waals surface area contributed by atoms with Crippen LogP contribution in [0.5, 0.6) is 5.75 Å². The fraction of sp³-hybridized carbons (Fsp3) is 0.600. The molecule has 1 heterocycles. The highest BCUT2D eigenvalue weighted by molar-refractivity contribution is 5.38. The molecule has 1 fully saturated rings. The number of hydrogen-bond acceptors (Lipinski definition) is 3. The molecule has 100 valence electrons. The van der Waals surface area contributed by atoms with Crippen molar-refractivity contribution in [1.82, 2.24) is 0 Å². The zero-order chi connectivity index (χ0) is 13.0. The summed E-state index contributed by atoms with van der Waals surface area (Å²) < 4.78 is 11.4. The SMILES string of the molecule is Cc1ccc(OCCC2CCCO2)c([C@H](C)N)c1. The molecule has 1 aliphatic heterocycles. The van der Waals surface area contributed by atoms with Crippen LogP contribution < -0.4 is 10.5 Å². The third-order valence-electron chi connectivity index (χ3n) is 3.38. The molecule has 0 aromatic heterocycles. The number of nitrogens with two attached hydrogens (primary N) is 1. The van der Waals surface area contributed by atoms with Crippen LogP contribution in [0.3, 0.4) is 0 Å². The Morgan fingerprint density at radius 3 is 3.00 bits per heavy atom. The van der Waals surface area contributed by atoms with Gasteiger partial charge >= 0.3 is 0 Å². The van der Waals surface area contributed by atoms with E-state index in [0.29, 0.717) is 12.7 Å². The molecule has 0 radical (unpaired) electrons. The van der Waals surface area contributed by atoms with Gasteiger partial charge < -0.3 is 15.2 Å². The molecular weight excluding hydrogens is 226 g/mol. The van der Waals surface area contributed by atoms with Crippen molar-refractivity contribution in [2.75, 3.05) is 13.2 Å². The highest BCUT2D eigenvalue weighted by Gasteiger charge is 2.15. The predicted octanol–water partition coefficient (Wildman–Crippen LogP) is 2.96. The maximum Gasteiger partial charge on any atom is 0.124 e. The van der Waals surface area contributed by atoms with E-state index in [2.05, 4.69) is 19.1 Å². The van der Waals surface area contributed by atoms with Crippen LogP contribution in [0.1, 0.15) is 43.4 Å². The fourth-order valence-electron chi connectivity index (χ4n) is 2.33. The topological polar surface area (TPSA) is 44.5 Å². The largest absolute Gasteiger partial charge is 0.493 e. The molecule has 1 aliphatic rings. The summed E-state index contributed by atoms with van der Waals surface area (Å²) in [7, 11) is 0. The number of rotatable bonds is 5. The summed E-state index contributed by atoms with van der Waals surface area (Å²) in [6.07, 6.45) is 3.69. The molecule has 0 saturated carbocycles. The molecule has 1 saturated heterocycles. The summed E-state index contributed by atoms with van der Waals surface area (Å²) in [5, 5.41) is 0. The average Bonchev–Trinajstić information content (AvgIpc) is 2.84. The van der Waals surface area contributed by atoms with Gasteiger partial charge in [-0.1, -0.05) is 17.7 Å². The lowest BCUT2D eigenvalue weighted by molar-refractivity contribution is 0.0902. The van der Waals surface area contributed by atoms with E-state index in [9.17, 15) is 0 Å². The van der Waals surface area contributed by atoms with Gasteiger partial charge in [0, 0.05) is 24.6 Å². The second-order valence-electron chi connectivity index (χ2n) is 5.10. The predicted molar refractivity (Wildman–Crippen MR) is 72.9 cm³/mol. The summed E-state index contributed by atoms with van der Waals surface area (Å²) in [5.74, 6) is 0.911. The van der Waals surface area contributed by atoms with E-state index in [0.717, 1.165) is 30.8 Å². The maximum absolute atomic E-state index is 5.97. The average molecular weight is 249 g/mol. The molecule has 0 amide bonds. The third-order valence-corrected chi connectivity index (χ3v) is 3.38. The van der Waals surface area contributed by atoms with Crippen LogP contribution in [0.2, 0.25) is 0 Å². The van der Waals surface area contributed by atoms with E-state index in [-0.39, 0.29) is 6.04 Å². The number of hydrogen-bond donors (Lipinski definition) is 1. The molecule has 2 N–H and O–H groups in total. The van der Waals surface area contributed by atoms with E-state index >= 15 is 0 Å². The van der Waals surface area contributed by atoms with Gasteiger partial charge in [-0.15, -0.1) is 0 Å². The summed E-state index contributed by atoms with van der Waals surface area (Å²) in [5.41, 5.74) is 8.27. The van der Waals surface area contributed by atoms with Gasteiger partial charge in [-0.3, -0.25) is 0 Å².